The van der Waals surface area contributed by atoms with Gasteiger partial charge < -0.3 is 14.7 Å². The second-order valence-electron chi connectivity index (χ2n) is 3.42. The van der Waals surface area contributed by atoms with E-state index >= 15 is 0 Å². The molecule has 0 bridgehead atoms. The number of nitrogens with two attached hydrogens (primary N) is 1. The van der Waals surface area contributed by atoms with Crippen LogP contribution in [0.2, 0.25) is 0 Å². The van der Waals surface area contributed by atoms with Crippen molar-refractivity contribution in [3.05, 3.63) is 54.6 Å². The van der Waals surface area contributed by atoms with E-state index in [1.807, 2.05) is 6.79 Å². The average molecular weight is 279 g/mol. The Morgan fingerprint density at radius 3 is 1.95 bits per heavy atom. The molecule has 0 amide bonds. The number of nitrogen functional groups attached to an aromatic ring is 1. The third-order valence-electron chi connectivity index (χ3n) is 2.12. The molecule has 0 heterocycles. The fourth-order valence-corrected chi connectivity index (χ4v) is 2.22. The SMILES string of the molecule is C=O.Nc1ccc(S(=O)(=O)Oc2ccccc2)cc1. The minimum Gasteiger partial charge on any atom is -0.399 e. The Bertz CT molecular complexity index is 609. The van der Waals surface area contributed by atoms with E-state index in [9.17, 15) is 8.42 Å². The van der Waals surface area contributed by atoms with Crippen LogP contribution in [0.3, 0.4) is 0 Å². The van der Waals surface area contributed by atoms with Crippen molar-refractivity contribution < 1.29 is 17.4 Å². The zero-order chi connectivity index (χ0) is 14.3. The number of hydrogen-bond acceptors (Lipinski definition) is 5. The summed E-state index contributed by atoms with van der Waals surface area (Å²) in [5, 5.41) is 0. The van der Waals surface area contributed by atoms with Crippen molar-refractivity contribution in [1.82, 2.24) is 0 Å². The molecule has 0 aliphatic rings. The van der Waals surface area contributed by atoms with Crippen molar-refractivity contribution in [3.8, 4) is 5.75 Å². The first-order chi connectivity index (χ1) is 9.08. The highest BCUT2D eigenvalue weighted by atomic mass is 32.2. The molecule has 2 aromatic rings. The molecule has 2 aromatic carbocycles. The number of para-hydroxylation sites is 1. The quantitative estimate of drug-likeness (QED) is 0.684. The number of anilines is 1. The van der Waals surface area contributed by atoms with E-state index in [4.69, 9.17) is 14.7 Å². The summed E-state index contributed by atoms with van der Waals surface area (Å²) < 4.78 is 28.7. The first kappa shape index (κ1) is 14.7. The highest BCUT2D eigenvalue weighted by Crippen LogP contribution is 2.18. The summed E-state index contributed by atoms with van der Waals surface area (Å²) in [4.78, 5) is 8.08. The fourth-order valence-electron chi connectivity index (χ4n) is 1.29. The zero-order valence-corrected chi connectivity index (χ0v) is 10.8. The normalized spacial score (nSPS) is 10.1. The molecule has 0 unspecified atom stereocenters. The van der Waals surface area contributed by atoms with Gasteiger partial charge in [-0.2, -0.15) is 8.42 Å². The van der Waals surface area contributed by atoms with Gasteiger partial charge in [0.05, 0.1) is 0 Å². The van der Waals surface area contributed by atoms with E-state index in [-0.39, 0.29) is 10.6 Å². The number of rotatable bonds is 3. The third kappa shape index (κ3) is 4.11. The predicted molar refractivity (Wildman–Crippen MR) is 72.2 cm³/mol. The number of benzene rings is 2. The second-order valence-corrected chi connectivity index (χ2v) is 4.97. The van der Waals surface area contributed by atoms with E-state index in [1.54, 1.807) is 30.3 Å². The molecule has 0 fully saturated rings. The van der Waals surface area contributed by atoms with Crippen LogP contribution in [0.4, 0.5) is 5.69 Å². The van der Waals surface area contributed by atoms with E-state index in [0.29, 0.717) is 5.69 Å². The molecule has 6 heteroatoms. The molecule has 0 aromatic heterocycles. The van der Waals surface area contributed by atoms with Crippen molar-refractivity contribution in [1.29, 1.82) is 0 Å². The van der Waals surface area contributed by atoms with Crippen molar-refractivity contribution >= 4 is 22.6 Å². The van der Waals surface area contributed by atoms with Crippen molar-refractivity contribution in [2.75, 3.05) is 5.73 Å². The van der Waals surface area contributed by atoms with Crippen LogP contribution in [-0.4, -0.2) is 15.2 Å². The summed E-state index contributed by atoms with van der Waals surface area (Å²) in [7, 11) is -3.79. The maximum Gasteiger partial charge on any atom is 0.339 e. The lowest BCUT2D eigenvalue weighted by Crippen LogP contribution is -2.09. The molecular formula is C13H13NO4S. The van der Waals surface area contributed by atoms with Gasteiger partial charge in [-0.1, -0.05) is 18.2 Å². The predicted octanol–water partition coefficient (Wildman–Crippen LogP) is 1.85. The summed E-state index contributed by atoms with van der Waals surface area (Å²) in [6.07, 6.45) is 0. The van der Waals surface area contributed by atoms with Gasteiger partial charge in [-0.05, 0) is 36.4 Å². The molecule has 2 rings (SSSR count). The zero-order valence-electron chi connectivity index (χ0n) is 10.0. The van der Waals surface area contributed by atoms with Gasteiger partial charge in [0.15, 0.2) is 0 Å². The van der Waals surface area contributed by atoms with Gasteiger partial charge in [0.25, 0.3) is 0 Å². The molecule has 0 radical (unpaired) electrons. The Morgan fingerprint density at radius 1 is 0.895 bits per heavy atom. The number of carbonyl (C=O) groups is 1. The van der Waals surface area contributed by atoms with Crippen LogP contribution in [0.1, 0.15) is 0 Å². The van der Waals surface area contributed by atoms with Crippen molar-refractivity contribution in [2.24, 2.45) is 0 Å². The molecule has 2 N–H and O–H groups in total. The minimum atomic E-state index is -3.79. The summed E-state index contributed by atoms with van der Waals surface area (Å²) >= 11 is 0. The molecule has 0 saturated heterocycles. The van der Waals surface area contributed by atoms with Crippen molar-refractivity contribution in [2.45, 2.75) is 4.90 Å². The van der Waals surface area contributed by atoms with Crippen LogP contribution in [0.15, 0.2) is 59.5 Å². The van der Waals surface area contributed by atoms with Gasteiger partial charge in [0.2, 0.25) is 0 Å². The lowest BCUT2D eigenvalue weighted by molar-refractivity contribution is -0.0979. The maximum atomic E-state index is 11.8. The van der Waals surface area contributed by atoms with Crippen LogP contribution in [-0.2, 0) is 14.9 Å². The molecule has 0 spiro atoms. The molecule has 0 atom stereocenters. The van der Waals surface area contributed by atoms with E-state index < -0.39 is 10.1 Å². The summed E-state index contributed by atoms with van der Waals surface area (Å²) in [5.74, 6) is 0.282. The monoisotopic (exact) mass is 279 g/mol. The summed E-state index contributed by atoms with van der Waals surface area (Å²) in [5.41, 5.74) is 5.99. The lowest BCUT2D eigenvalue weighted by atomic mass is 10.3. The second kappa shape index (κ2) is 6.55. The van der Waals surface area contributed by atoms with Gasteiger partial charge in [0, 0.05) is 5.69 Å². The van der Waals surface area contributed by atoms with E-state index in [2.05, 4.69) is 0 Å². The minimum absolute atomic E-state index is 0.0792. The van der Waals surface area contributed by atoms with Crippen LogP contribution >= 0.6 is 0 Å². The molecular weight excluding hydrogens is 266 g/mol. The smallest absolute Gasteiger partial charge is 0.339 e. The highest BCUT2D eigenvalue weighted by molar-refractivity contribution is 7.87. The Morgan fingerprint density at radius 2 is 1.42 bits per heavy atom. The first-order valence-electron chi connectivity index (χ1n) is 5.22. The largest absolute Gasteiger partial charge is 0.399 e. The molecule has 0 aliphatic heterocycles. The number of hydrogen-bond donors (Lipinski definition) is 1. The molecule has 5 nitrogen and oxygen atoms in total. The first-order valence-corrected chi connectivity index (χ1v) is 6.63. The van der Waals surface area contributed by atoms with Crippen LogP contribution in [0.25, 0.3) is 0 Å². The Hall–Kier alpha value is -2.34. The van der Waals surface area contributed by atoms with Gasteiger partial charge in [-0.3, -0.25) is 0 Å². The molecule has 0 aliphatic carbocycles. The lowest BCUT2D eigenvalue weighted by Gasteiger charge is -2.06. The van der Waals surface area contributed by atoms with Crippen LogP contribution in [0.5, 0.6) is 5.75 Å². The van der Waals surface area contributed by atoms with Gasteiger partial charge in [-0.15, -0.1) is 0 Å². The Kier molecular flexibility index (Phi) is 5.08. The summed E-state index contributed by atoms with van der Waals surface area (Å²) in [6.45, 7) is 2.00. The van der Waals surface area contributed by atoms with Gasteiger partial charge >= 0.3 is 10.1 Å². The van der Waals surface area contributed by atoms with Crippen molar-refractivity contribution in [3.63, 3.8) is 0 Å². The van der Waals surface area contributed by atoms with Gasteiger partial charge in [0.1, 0.15) is 17.4 Å². The Labute approximate surface area is 111 Å². The maximum absolute atomic E-state index is 11.8. The standard InChI is InChI=1S/C12H11NO3S.CH2O/c13-10-6-8-12(9-7-10)17(14,15)16-11-4-2-1-3-5-11;1-2/h1-9H,13H2;1H2. The third-order valence-corrected chi connectivity index (χ3v) is 3.38. The van der Waals surface area contributed by atoms with Crippen LogP contribution < -0.4 is 9.92 Å². The fraction of sp³-hybridized carbons (Fsp3) is 0. The average Bonchev–Trinajstić information content (AvgIpc) is 2.42. The molecule has 100 valence electrons. The number of carbonyl (C=O) groups excluding carboxylic acids is 1. The van der Waals surface area contributed by atoms with E-state index in [0.717, 1.165) is 0 Å². The Balaban J connectivity index is 0.000000861. The molecule has 19 heavy (non-hydrogen) atoms. The highest BCUT2D eigenvalue weighted by Gasteiger charge is 2.15. The van der Waals surface area contributed by atoms with Gasteiger partial charge in [-0.25, -0.2) is 0 Å². The van der Waals surface area contributed by atoms with Crippen LogP contribution in [0, 0.1) is 0 Å². The topological polar surface area (TPSA) is 86.5 Å². The summed E-state index contributed by atoms with van der Waals surface area (Å²) in [6, 6.07) is 14.2. The van der Waals surface area contributed by atoms with E-state index in [1.165, 1.54) is 24.3 Å². The molecule has 0 saturated carbocycles.